The first-order chi connectivity index (χ1) is 44.7. The minimum Gasteiger partial charge on any atom is -0.0622 e. The summed E-state index contributed by atoms with van der Waals surface area (Å²) in [7, 11) is 0. The summed E-state index contributed by atoms with van der Waals surface area (Å²) in [6.07, 6.45) is 0. The SMILES string of the molecule is c1ccc(-c2c3c(c(-c4ccccc4)c4ccccc24)-c2ccc4c5cc6c(cc5c5ccc-3c2c54)c2cccc3cccc6c32)cc1.c1ccc2c(c1)-c1ccc3c4ccc5c6cc7c(cc6c6ccc(c8ccc-2c1c38)c4c56)c1cccc2cccc7c21. The van der Waals surface area contributed by atoms with Gasteiger partial charge in [0, 0.05) is 0 Å². The van der Waals surface area contributed by atoms with Crippen LogP contribution in [0.4, 0.5) is 0 Å². The van der Waals surface area contributed by atoms with Crippen molar-refractivity contribution in [2.24, 2.45) is 0 Å². The van der Waals surface area contributed by atoms with Gasteiger partial charge in [0.15, 0.2) is 0 Å². The van der Waals surface area contributed by atoms with E-state index in [-0.39, 0.29) is 0 Å². The van der Waals surface area contributed by atoms with Gasteiger partial charge < -0.3 is 0 Å². The second kappa shape index (κ2) is 16.3. The van der Waals surface area contributed by atoms with Crippen molar-refractivity contribution >= 4 is 172 Å². The Hall–Kier alpha value is -11.7. The van der Waals surface area contributed by atoms with E-state index in [0.29, 0.717) is 0 Å². The van der Waals surface area contributed by atoms with Crippen molar-refractivity contribution in [2.75, 3.05) is 0 Å². The van der Waals surface area contributed by atoms with Gasteiger partial charge in [0.05, 0.1) is 0 Å². The molecule has 22 aromatic carbocycles. The Bertz CT molecular complexity index is 6570. The summed E-state index contributed by atoms with van der Waals surface area (Å²) in [5.41, 5.74) is 16.0. The molecule has 0 aliphatic heterocycles. The Kier molecular flexibility index (Phi) is 8.41. The van der Waals surface area contributed by atoms with Crippen LogP contribution >= 0.6 is 0 Å². The van der Waals surface area contributed by atoms with Crippen molar-refractivity contribution in [3.63, 3.8) is 0 Å². The number of benzene rings is 18. The Morgan fingerprint density at radius 3 is 0.733 bits per heavy atom. The molecule has 0 saturated heterocycles. The Morgan fingerprint density at radius 2 is 0.378 bits per heavy atom. The zero-order valence-corrected chi connectivity index (χ0v) is 48.6. The third kappa shape index (κ3) is 5.51. The fourth-order valence-corrected chi connectivity index (χ4v) is 18.4. The van der Waals surface area contributed by atoms with Gasteiger partial charge in [-0.2, -0.15) is 0 Å². The summed E-state index contributed by atoms with van der Waals surface area (Å²) in [6.45, 7) is 0. The van der Waals surface area contributed by atoms with Gasteiger partial charge in [-0.3, -0.25) is 0 Å². The number of hydrogen-bond donors (Lipinski definition) is 0. The van der Waals surface area contributed by atoms with Crippen LogP contribution in [0.25, 0.3) is 239 Å². The highest BCUT2D eigenvalue weighted by atomic mass is 14.4. The summed E-state index contributed by atoms with van der Waals surface area (Å²) in [6, 6.07) is 106. The van der Waals surface area contributed by atoms with E-state index in [1.165, 1.54) is 239 Å². The molecule has 0 heteroatoms. The Balaban J connectivity index is 0.000000117. The predicted octanol–water partition coefficient (Wildman–Crippen LogP) is 25.6. The third-order valence-electron chi connectivity index (χ3n) is 21.9. The highest BCUT2D eigenvalue weighted by Crippen LogP contribution is 2.61. The van der Waals surface area contributed by atoms with E-state index < -0.39 is 0 Å². The van der Waals surface area contributed by atoms with E-state index in [0.717, 1.165) is 0 Å². The summed E-state index contributed by atoms with van der Waals surface area (Å²) < 4.78 is 0. The minimum atomic E-state index is 1.26. The molecule has 0 fully saturated rings. The molecule has 0 bridgehead atoms. The molecule has 0 amide bonds. The summed E-state index contributed by atoms with van der Waals surface area (Å²) >= 11 is 0. The lowest BCUT2D eigenvalue weighted by Crippen LogP contribution is -1.93. The Labute approximate surface area is 515 Å². The molecule has 22 aromatic rings. The lowest BCUT2D eigenvalue weighted by atomic mass is 9.82. The van der Waals surface area contributed by atoms with Crippen molar-refractivity contribution in [1.29, 1.82) is 0 Å². The van der Waals surface area contributed by atoms with Gasteiger partial charge in [0.25, 0.3) is 0 Å². The van der Waals surface area contributed by atoms with Crippen molar-refractivity contribution in [3.05, 3.63) is 279 Å². The van der Waals surface area contributed by atoms with E-state index in [2.05, 4.69) is 279 Å². The topological polar surface area (TPSA) is 0 Å². The van der Waals surface area contributed by atoms with Gasteiger partial charge >= 0.3 is 0 Å². The predicted molar refractivity (Wildman–Crippen MR) is 389 cm³/mol. The van der Waals surface area contributed by atoms with Crippen LogP contribution in [-0.2, 0) is 0 Å². The first-order valence-electron chi connectivity index (χ1n) is 31.7. The maximum absolute atomic E-state index is 2.48. The molecular formula is C90H46. The number of fused-ring (bicyclic) bond motifs is 21. The molecule has 0 heterocycles. The molecule has 90 heavy (non-hydrogen) atoms. The van der Waals surface area contributed by atoms with Crippen LogP contribution in [0, 0.1) is 0 Å². The van der Waals surface area contributed by atoms with Gasteiger partial charge in [-0.15, -0.1) is 0 Å². The zero-order chi connectivity index (χ0) is 57.9. The lowest BCUT2D eigenvalue weighted by molar-refractivity contribution is 1.62. The maximum Gasteiger partial charge on any atom is -0.000740 e. The minimum absolute atomic E-state index is 1.26. The van der Waals surface area contributed by atoms with E-state index in [1.807, 2.05) is 0 Å². The summed E-state index contributed by atoms with van der Waals surface area (Å²) in [5.74, 6) is 0. The van der Waals surface area contributed by atoms with Crippen LogP contribution in [-0.4, -0.2) is 0 Å². The van der Waals surface area contributed by atoms with Gasteiger partial charge in [-0.05, 0) is 263 Å². The number of hydrogen-bond acceptors (Lipinski definition) is 0. The molecule has 0 nitrogen and oxygen atoms in total. The molecular weight excluding hydrogens is 1080 g/mol. The molecule has 406 valence electrons. The van der Waals surface area contributed by atoms with Crippen LogP contribution < -0.4 is 0 Å². The van der Waals surface area contributed by atoms with Crippen LogP contribution in [0.3, 0.4) is 0 Å². The zero-order valence-electron chi connectivity index (χ0n) is 48.6. The molecule has 0 radical (unpaired) electrons. The average molecular weight is 1130 g/mol. The molecule has 0 aromatic heterocycles. The molecule has 2 aliphatic rings. The second-order valence-corrected chi connectivity index (χ2v) is 25.8. The molecule has 0 unspecified atom stereocenters. The van der Waals surface area contributed by atoms with Crippen molar-refractivity contribution < 1.29 is 0 Å². The van der Waals surface area contributed by atoms with Crippen LogP contribution in [0.1, 0.15) is 0 Å². The highest BCUT2D eigenvalue weighted by Gasteiger charge is 2.33. The molecule has 0 spiro atoms. The van der Waals surface area contributed by atoms with Gasteiger partial charge in [0.1, 0.15) is 0 Å². The van der Waals surface area contributed by atoms with E-state index in [1.54, 1.807) is 0 Å². The largest absolute Gasteiger partial charge is 0.0622 e. The maximum atomic E-state index is 2.48. The second-order valence-electron chi connectivity index (χ2n) is 25.8. The monoisotopic (exact) mass is 1130 g/mol. The van der Waals surface area contributed by atoms with E-state index in [9.17, 15) is 0 Å². The van der Waals surface area contributed by atoms with E-state index >= 15 is 0 Å². The van der Waals surface area contributed by atoms with Crippen molar-refractivity contribution in [1.82, 2.24) is 0 Å². The number of rotatable bonds is 2. The summed E-state index contributed by atoms with van der Waals surface area (Å²) in [4.78, 5) is 0. The normalized spacial score (nSPS) is 12.9. The third-order valence-corrected chi connectivity index (χ3v) is 21.9. The lowest BCUT2D eigenvalue weighted by Gasteiger charge is -2.20. The van der Waals surface area contributed by atoms with Gasteiger partial charge in [-0.25, -0.2) is 0 Å². The molecule has 24 rings (SSSR count). The van der Waals surface area contributed by atoms with Crippen LogP contribution in [0.5, 0.6) is 0 Å². The van der Waals surface area contributed by atoms with Crippen LogP contribution in [0.2, 0.25) is 0 Å². The molecule has 0 N–H and O–H groups in total. The molecule has 0 saturated carbocycles. The fraction of sp³-hybridized carbons (Fsp3) is 0. The van der Waals surface area contributed by atoms with Crippen LogP contribution in [0.15, 0.2) is 279 Å². The first-order valence-corrected chi connectivity index (χ1v) is 31.7. The Morgan fingerprint density at radius 1 is 0.122 bits per heavy atom. The van der Waals surface area contributed by atoms with Gasteiger partial charge in [-0.1, -0.05) is 255 Å². The standard InChI is InChI=1S/C48H26.C42H20/c1-3-11-28(12-4-1)43-30-17-7-8-18-31(30)44(29-13-5-2-6-14-29)48-37-24-22-35-41-26-39-33-20-10-16-27-15-9-19-32(42(27)33)38(39)25-40(41)34-21-23-36(47(43)48)46(37)45(34)35;1-2-8-23-22(7-1)26-11-13-28-30-15-17-32-36-19-34-24-9-3-5-21-6-4-10-25(38(21)24)35(34)20-37(36)33-18-16-31(41(30)42(32)33)29-14-12-27(23)39(26)40(28)29/h1-26H;1-20H. The molecule has 0 atom stereocenters. The van der Waals surface area contributed by atoms with E-state index in [4.69, 9.17) is 0 Å². The van der Waals surface area contributed by atoms with Crippen molar-refractivity contribution in [3.8, 4) is 66.8 Å². The quantitative estimate of drug-likeness (QED) is 0.120. The van der Waals surface area contributed by atoms with Gasteiger partial charge in [0.2, 0.25) is 0 Å². The van der Waals surface area contributed by atoms with Crippen molar-refractivity contribution in [2.45, 2.75) is 0 Å². The highest BCUT2D eigenvalue weighted by molar-refractivity contribution is 6.46. The fourth-order valence-electron chi connectivity index (χ4n) is 18.4. The smallest absolute Gasteiger partial charge is 0.000740 e. The average Bonchev–Trinajstić information content (AvgIpc) is 1.47. The summed E-state index contributed by atoms with van der Waals surface area (Å²) in [5, 5.41) is 43.7. The molecule has 2 aliphatic carbocycles. The first kappa shape index (κ1) is 46.5.